The smallest absolute Gasteiger partial charge is 0.241 e. The van der Waals surface area contributed by atoms with Gasteiger partial charge in [0.25, 0.3) is 0 Å². The van der Waals surface area contributed by atoms with Crippen LogP contribution >= 0.6 is 0 Å². The quantitative estimate of drug-likeness (QED) is 0.928. The van der Waals surface area contributed by atoms with Crippen molar-refractivity contribution in [2.45, 2.75) is 58.2 Å². The van der Waals surface area contributed by atoms with E-state index in [0.717, 1.165) is 12.8 Å². The molecule has 1 aliphatic heterocycles. The molecule has 1 saturated heterocycles. The molecule has 1 amide bonds. The molecule has 0 radical (unpaired) electrons. The Kier molecular flexibility index (Phi) is 4.98. The number of nitrogens with zero attached hydrogens (tertiary/aromatic N) is 2. The van der Waals surface area contributed by atoms with E-state index in [4.69, 9.17) is 5.26 Å². The molecule has 1 aromatic carbocycles. The molecule has 4 heteroatoms. The number of piperidine rings is 1. The van der Waals surface area contributed by atoms with Crippen LogP contribution in [0.3, 0.4) is 0 Å². The molecule has 0 spiro atoms. The highest BCUT2D eigenvalue weighted by Crippen LogP contribution is 2.25. The van der Waals surface area contributed by atoms with Gasteiger partial charge in [-0.15, -0.1) is 0 Å². The maximum Gasteiger partial charge on any atom is 0.241 e. The number of carbonyl (C=O) groups is 1. The van der Waals surface area contributed by atoms with E-state index in [1.54, 1.807) is 18.2 Å². The second kappa shape index (κ2) is 6.73. The first-order chi connectivity index (χ1) is 10.0. The number of likely N-dealkylation sites (tertiary alicyclic amines) is 1. The lowest BCUT2D eigenvalue weighted by atomic mass is 9.95. The summed E-state index contributed by atoms with van der Waals surface area (Å²) in [5, 5.41) is 12.0. The fraction of sp³-hybridized carbons (Fsp3) is 0.529. The summed E-state index contributed by atoms with van der Waals surface area (Å²) in [6.07, 6.45) is 3.50. The van der Waals surface area contributed by atoms with Gasteiger partial charge in [0.05, 0.1) is 17.3 Å². The van der Waals surface area contributed by atoms with Crippen molar-refractivity contribution in [3.05, 3.63) is 29.8 Å². The second-order valence-corrected chi connectivity index (χ2v) is 5.90. The molecular formula is C17H23N3O. The molecule has 3 atom stereocenters. The highest BCUT2D eigenvalue weighted by atomic mass is 16.2. The lowest BCUT2D eigenvalue weighted by molar-refractivity contribution is -0.123. The highest BCUT2D eigenvalue weighted by Gasteiger charge is 2.32. The van der Waals surface area contributed by atoms with Crippen LogP contribution in [-0.4, -0.2) is 28.9 Å². The summed E-state index contributed by atoms with van der Waals surface area (Å²) in [5.74, 6) is -0.0432. The summed E-state index contributed by atoms with van der Waals surface area (Å²) in [4.78, 5) is 14.8. The van der Waals surface area contributed by atoms with E-state index in [0.29, 0.717) is 23.3 Å². The van der Waals surface area contributed by atoms with Gasteiger partial charge < -0.3 is 5.32 Å². The van der Waals surface area contributed by atoms with E-state index < -0.39 is 0 Å². The molecule has 2 rings (SSSR count). The number of anilines is 1. The maximum absolute atomic E-state index is 12.5. The summed E-state index contributed by atoms with van der Waals surface area (Å²) < 4.78 is 0. The lowest BCUT2D eigenvalue weighted by Crippen LogP contribution is -2.53. The first-order valence-corrected chi connectivity index (χ1v) is 7.62. The Morgan fingerprint density at radius 1 is 1.33 bits per heavy atom. The van der Waals surface area contributed by atoms with Gasteiger partial charge in [0.15, 0.2) is 0 Å². The zero-order valence-electron chi connectivity index (χ0n) is 13.0. The third kappa shape index (κ3) is 3.43. The van der Waals surface area contributed by atoms with Crippen LogP contribution in [0.1, 0.15) is 45.6 Å². The molecule has 4 nitrogen and oxygen atoms in total. The largest absolute Gasteiger partial charge is 0.324 e. The number of hydrogen-bond acceptors (Lipinski definition) is 3. The summed E-state index contributed by atoms with van der Waals surface area (Å²) in [5.41, 5.74) is 1.09. The highest BCUT2D eigenvalue weighted by molar-refractivity contribution is 5.95. The number of hydrogen-bond donors (Lipinski definition) is 1. The van der Waals surface area contributed by atoms with Crippen LogP contribution < -0.4 is 5.32 Å². The van der Waals surface area contributed by atoms with Crippen LogP contribution in [0.15, 0.2) is 24.3 Å². The van der Waals surface area contributed by atoms with E-state index in [1.807, 2.05) is 13.0 Å². The van der Waals surface area contributed by atoms with E-state index >= 15 is 0 Å². The Balaban J connectivity index is 2.11. The molecule has 1 aromatic rings. The Bertz CT molecular complexity index is 539. The van der Waals surface area contributed by atoms with Crippen LogP contribution in [-0.2, 0) is 4.79 Å². The lowest BCUT2D eigenvalue weighted by Gasteiger charge is -2.42. The SMILES string of the molecule is CC1CCCC(C)N1C(C)C(=O)Nc1ccccc1C#N. The number of amides is 1. The molecule has 1 aliphatic rings. The fourth-order valence-electron chi connectivity index (χ4n) is 3.27. The molecule has 21 heavy (non-hydrogen) atoms. The van der Waals surface area contributed by atoms with E-state index in [-0.39, 0.29) is 11.9 Å². The van der Waals surface area contributed by atoms with Gasteiger partial charge in [-0.05, 0) is 45.7 Å². The standard InChI is InChI=1S/C17H23N3O/c1-12-7-6-8-13(2)20(12)14(3)17(21)19-16-10-5-4-9-15(16)11-18/h4-5,9-10,12-14H,6-8H2,1-3H3,(H,19,21). The molecule has 0 aromatic heterocycles. The first kappa shape index (κ1) is 15.5. The van der Waals surface area contributed by atoms with Gasteiger partial charge in [-0.2, -0.15) is 5.26 Å². The Hall–Kier alpha value is -1.86. The van der Waals surface area contributed by atoms with Crippen LogP contribution in [0.5, 0.6) is 0 Å². The van der Waals surface area contributed by atoms with Gasteiger partial charge in [-0.1, -0.05) is 18.6 Å². The summed E-state index contributed by atoms with van der Waals surface area (Å²) in [7, 11) is 0. The zero-order valence-corrected chi connectivity index (χ0v) is 13.0. The minimum absolute atomic E-state index is 0.0432. The number of nitrogens with one attached hydrogen (secondary N) is 1. The van der Waals surface area contributed by atoms with Gasteiger partial charge in [-0.3, -0.25) is 9.69 Å². The number of benzene rings is 1. The fourth-order valence-corrected chi connectivity index (χ4v) is 3.27. The third-order valence-electron chi connectivity index (χ3n) is 4.39. The third-order valence-corrected chi connectivity index (χ3v) is 4.39. The molecule has 0 saturated carbocycles. The van der Waals surface area contributed by atoms with Gasteiger partial charge >= 0.3 is 0 Å². The summed E-state index contributed by atoms with van der Waals surface area (Å²) >= 11 is 0. The molecule has 1 heterocycles. The van der Waals surface area contributed by atoms with Crippen LogP contribution in [0, 0.1) is 11.3 Å². The van der Waals surface area contributed by atoms with Gasteiger partial charge in [0, 0.05) is 12.1 Å². The minimum Gasteiger partial charge on any atom is -0.324 e. The van der Waals surface area contributed by atoms with Crippen molar-refractivity contribution in [2.75, 3.05) is 5.32 Å². The van der Waals surface area contributed by atoms with Crippen LogP contribution in [0.2, 0.25) is 0 Å². The van der Waals surface area contributed by atoms with Crippen molar-refractivity contribution in [1.29, 1.82) is 5.26 Å². The number of para-hydroxylation sites is 1. The Morgan fingerprint density at radius 3 is 2.57 bits per heavy atom. The first-order valence-electron chi connectivity index (χ1n) is 7.62. The molecule has 0 aliphatic carbocycles. The number of rotatable bonds is 3. The van der Waals surface area contributed by atoms with E-state index in [9.17, 15) is 4.79 Å². The van der Waals surface area contributed by atoms with Crippen molar-refractivity contribution < 1.29 is 4.79 Å². The van der Waals surface area contributed by atoms with Crippen molar-refractivity contribution in [3.63, 3.8) is 0 Å². The van der Waals surface area contributed by atoms with E-state index in [2.05, 4.69) is 30.1 Å². The predicted molar refractivity (Wildman–Crippen MR) is 83.9 cm³/mol. The second-order valence-electron chi connectivity index (χ2n) is 5.90. The number of carbonyl (C=O) groups excluding carboxylic acids is 1. The van der Waals surface area contributed by atoms with Crippen molar-refractivity contribution in [2.24, 2.45) is 0 Å². The average molecular weight is 285 g/mol. The summed E-state index contributed by atoms with van der Waals surface area (Å²) in [6.45, 7) is 6.31. The van der Waals surface area contributed by atoms with Crippen molar-refractivity contribution in [1.82, 2.24) is 4.90 Å². The molecule has 1 N–H and O–H groups in total. The monoisotopic (exact) mass is 285 g/mol. The molecule has 3 unspecified atom stereocenters. The predicted octanol–water partition coefficient (Wildman–Crippen LogP) is 3.15. The summed E-state index contributed by atoms with van der Waals surface area (Å²) in [6, 6.07) is 9.86. The molecule has 112 valence electrons. The number of nitriles is 1. The Labute approximate surface area is 126 Å². The Morgan fingerprint density at radius 2 is 1.95 bits per heavy atom. The molecule has 1 fully saturated rings. The normalized spacial score (nSPS) is 24.1. The zero-order chi connectivity index (χ0) is 15.4. The van der Waals surface area contributed by atoms with Gasteiger partial charge in [-0.25, -0.2) is 0 Å². The van der Waals surface area contributed by atoms with Gasteiger partial charge in [0.2, 0.25) is 5.91 Å². The van der Waals surface area contributed by atoms with Crippen LogP contribution in [0.25, 0.3) is 0 Å². The molecule has 0 bridgehead atoms. The minimum atomic E-state index is -0.193. The van der Waals surface area contributed by atoms with Crippen molar-refractivity contribution >= 4 is 11.6 Å². The van der Waals surface area contributed by atoms with Crippen molar-refractivity contribution in [3.8, 4) is 6.07 Å². The maximum atomic E-state index is 12.5. The van der Waals surface area contributed by atoms with Crippen LogP contribution in [0.4, 0.5) is 5.69 Å². The topological polar surface area (TPSA) is 56.1 Å². The van der Waals surface area contributed by atoms with E-state index in [1.165, 1.54) is 6.42 Å². The average Bonchev–Trinajstić information content (AvgIpc) is 2.47. The molecular weight excluding hydrogens is 262 g/mol. The van der Waals surface area contributed by atoms with Gasteiger partial charge in [0.1, 0.15) is 6.07 Å².